The summed E-state index contributed by atoms with van der Waals surface area (Å²) in [6.07, 6.45) is 2.21. The summed E-state index contributed by atoms with van der Waals surface area (Å²) >= 11 is 0. The third kappa shape index (κ3) is 2.14. The highest BCUT2D eigenvalue weighted by Crippen LogP contribution is 2.30. The van der Waals surface area contributed by atoms with E-state index in [4.69, 9.17) is 4.74 Å². The molecule has 0 aliphatic carbocycles. The lowest BCUT2D eigenvalue weighted by atomic mass is 10.0. The van der Waals surface area contributed by atoms with E-state index in [0.29, 0.717) is 18.7 Å². The first-order valence-electron chi connectivity index (χ1n) is 6.91. The van der Waals surface area contributed by atoms with Crippen LogP contribution in [0.3, 0.4) is 0 Å². The minimum absolute atomic E-state index is 0.296. The zero-order valence-corrected chi connectivity index (χ0v) is 11.9. The van der Waals surface area contributed by atoms with Crippen LogP contribution in [0, 0.1) is 5.82 Å². The van der Waals surface area contributed by atoms with Gasteiger partial charge >= 0.3 is 5.97 Å². The standard InChI is InChI=1S/C16H15FN2O2/c1-3-10-14-11-7-9(17)5-6-12(11)19-13(14)8-18-15(10)16(20)21-4-2/h5-8,19H,3-4H2,1-2H3. The first kappa shape index (κ1) is 13.5. The van der Waals surface area contributed by atoms with Gasteiger partial charge in [-0.1, -0.05) is 6.92 Å². The number of H-pyrrole nitrogens is 1. The molecule has 2 aromatic heterocycles. The number of carbonyl (C=O) groups is 1. The zero-order valence-electron chi connectivity index (χ0n) is 11.9. The van der Waals surface area contributed by atoms with E-state index >= 15 is 0 Å². The molecule has 2 heterocycles. The molecule has 108 valence electrons. The summed E-state index contributed by atoms with van der Waals surface area (Å²) in [7, 11) is 0. The molecule has 0 spiro atoms. The molecule has 3 aromatic rings. The SMILES string of the molecule is CCOC(=O)c1ncc2[nH]c3ccc(F)cc3c2c1CC. The second kappa shape index (κ2) is 5.16. The lowest BCUT2D eigenvalue weighted by Gasteiger charge is -2.08. The van der Waals surface area contributed by atoms with Crippen LogP contribution in [0.5, 0.6) is 0 Å². The molecule has 21 heavy (non-hydrogen) atoms. The van der Waals surface area contributed by atoms with Crippen LogP contribution in [0.15, 0.2) is 24.4 Å². The van der Waals surface area contributed by atoms with Crippen LogP contribution in [-0.4, -0.2) is 22.5 Å². The molecular weight excluding hydrogens is 271 g/mol. The van der Waals surface area contributed by atoms with Gasteiger partial charge in [0.1, 0.15) is 5.82 Å². The summed E-state index contributed by atoms with van der Waals surface area (Å²) in [5.41, 5.74) is 2.70. The van der Waals surface area contributed by atoms with Crippen molar-refractivity contribution in [1.29, 1.82) is 0 Å². The van der Waals surface area contributed by atoms with Gasteiger partial charge in [-0.25, -0.2) is 14.2 Å². The monoisotopic (exact) mass is 286 g/mol. The second-order valence-electron chi connectivity index (χ2n) is 4.76. The largest absolute Gasteiger partial charge is 0.461 e. The van der Waals surface area contributed by atoms with Crippen LogP contribution < -0.4 is 0 Å². The molecule has 0 amide bonds. The van der Waals surface area contributed by atoms with E-state index in [2.05, 4.69) is 9.97 Å². The minimum atomic E-state index is -0.443. The van der Waals surface area contributed by atoms with E-state index in [9.17, 15) is 9.18 Å². The molecule has 0 saturated heterocycles. The molecule has 4 nitrogen and oxygen atoms in total. The average molecular weight is 286 g/mol. The molecular formula is C16H15FN2O2. The lowest BCUT2D eigenvalue weighted by Crippen LogP contribution is -2.10. The Balaban J connectivity index is 2.35. The highest BCUT2D eigenvalue weighted by Gasteiger charge is 2.19. The second-order valence-corrected chi connectivity index (χ2v) is 4.76. The van der Waals surface area contributed by atoms with E-state index < -0.39 is 5.97 Å². The van der Waals surface area contributed by atoms with Gasteiger partial charge in [0.25, 0.3) is 0 Å². The zero-order chi connectivity index (χ0) is 15.0. The summed E-state index contributed by atoms with van der Waals surface area (Å²) in [6.45, 7) is 3.99. The van der Waals surface area contributed by atoms with E-state index in [1.807, 2.05) is 6.92 Å². The predicted octanol–water partition coefficient (Wildman–Crippen LogP) is 3.59. The van der Waals surface area contributed by atoms with Gasteiger partial charge in [0.2, 0.25) is 0 Å². The number of pyridine rings is 1. The third-order valence-electron chi connectivity index (χ3n) is 3.52. The quantitative estimate of drug-likeness (QED) is 0.748. The topological polar surface area (TPSA) is 55.0 Å². The fourth-order valence-electron chi connectivity index (χ4n) is 2.65. The van der Waals surface area contributed by atoms with E-state index in [1.165, 1.54) is 12.1 Å². The van der Waals surface area contributed by atoms with Crippen molar-refractivity contribution < 1.29 is 13.9 Å². The molecule has 0 atom stereocenters. The average Bonchev–Trinajstić information content (AvgIpc) is 2.84. The Hall–Kier alpha value is -2.43. The van der Waals surface area contributed by atoms with E-state index in [0.717, 1.165) is 27.4 Å². The maximum atomic E-state index is 13.5. The number of aromatic amines is 1. The van der Waals surface area contributed by atoms with Crippen molar-refractivity contribution in [3.05, 3.63) is 41.5 Å². The van der Waals surface area contributed by atoms with Crippen LogP contribution in [0.25, 0.3) is 21.8 Å². The number of nitrogens with one attached hydrogen (secondary N) is 1. The van der Waals surface area contributed by atoms with Crippen molar-refractivity contribution in [2.24, 2.45) is 0 Å². The van der Waals surface area contributed by atoms with Crippen molar-refractivity contribution in [1.82, 2.24) is 9.97 Å². The van der Waals surface area contributed by atoms with Gasteiger partial charge in [0.15, 0.2) is 5.69 Å². The number of rotatable bonds is 3. The number of benzene rings is 1. The number of halogens is 1. The van der Waals surface area contributed by atoms with Gasteiger partial charge in [-0.3, -0.25) is 0 Å². The van der Waals surface area contributed by atoms with Crippen molar-refractivity contribution in [3.63, 3.8) is 0 Å². The predicted molar refractivity (Wildman–Crippen MR) is 78.9 cm³/mol. The van der Waals surface area contributed by atoms with Gasteiger partial charge in [-0.2, -0.15) is 0 Å². The molecule has 1 aromatic carbocycles. The molecule has 0 bridgehead atoms. The van der Waals surface area contributed by atoms with Crippen molar-refractivity contribution in [2.75, 3.05) is 6.61 Å². The Morgan fingerprint density at radius 1 is 1.33 bits per heavy atom. The number of ether oxygens (including phenoxy) is 1. The van der Waals surface area contributed by atoms with Crippen molar-refractivity contribution in [2.45, 2.75) is 20.3 Å². The molecule has 3 rings (SSSR count). The number of nitrogens with zero attached hydrogens (tertiary/aromatic N) is 1. The molecule has 0 aliphatic heterocycles. The first-order chi connectivity index (χ1) is 10.2. The summed E-state index contributed by atoms with van der Waals surface area (Å²) in [5, 5.41) is 1.60. The van der Waals surface area contributed by atoms with Gasteiger partial charge in [0, 0.05) is 16.3 Å². The Labute approximate surface area is 120 Å². The van der Waals surface area contributed by atoms with Crippen LogP contribution in [0.4, 0.5) is 4.39 Å². The highest BCUT2D eigenvalue weighted by molar-refractivity contribution is 6.11. The molecule has 0 aliphatic rings. The molecule has 1 N–H and O–H groups in total. The summed E-state index contributed by atoms with van der Waals surface area (Å²) in [4.78, 5) is 19.4. The fraction of sp³-hybridized carbons (Fsp3) is 0.250. The number of fused-ring (bicyclic) bond motifs is 3. The number of aryl methyl sites for hydroxylation is 1. The Morgan fingerprint density at radius 3 is 2.86 bits per heavy atom. The molecule has 0 fully saturated rings. The fourth-order valence-corrected chi connectivity index (χ4v) is 2.65. The Bertz CT molecular complexity index is 839. The number of aromatic nitrogens is 2. The number of hydrogen-bond acceptors (Lipinski definition) is 3. The van der Waals surface area contributed by atoms with Gasteiger partial charge in [-0.05, 0) is 37.1 Å². The number of hydrogen-bond donors (Lipinski definition) is 1. The van der Waals surface area contributed by atoms with Crippen LogP contribution >= 0.6 is 0 Å². The molecule has 0 saturated carbocycles. The first-order valence-corrected chi connectivity index (χ1v) is 6.91. The Kier molecular flexibility index (Phi) is 3.33. The highest BCUT2D eigenvalue weighted by atomic mass is 19.1. The van der Waals surface area contributed by atoms with Gasteiger partial charge in [0.05, 0.1) is 18.3 Å². The maximum absolute atomic E-state index is 13.5. The smallest absolute Gasteiger partial charge is 0.357 e. The normalized spacial score (nSPS) is 11.2. The maximum Gasteiger partial charge on any atom is 0.357 e. The van der Waals surface area contributed by atoms with Gasteiger partial charge < -0.3 is 9.72 Å². The summed E-state index contributed by atoms with van der Waals surface area (Å²) in [5.74, 6) is -0.748. The molecule has 0 unspecified atom stereocenters. The van der Waals surface area contributed by atoms with E-state index in [1.54, 1.807) is 19.2 Å². The lowest BCUT2D eigenvalue weighted by molar-refractivity contribution is 0.0518. The van der Waals surface area contributed by atoms with Crippen LogP contribution in [0.1, 0.15) is 29.9 Å². The number of esters is 1. The van der Waals surface area contributed by atoms with Crippen molar-refractivity contribution >= 4 is 27.8 Å². The third-order valence-corrected chi connectivity index (χ3v) is 3.52. The van der Waals surface area contributed by atoms with Crippen molar-refractivity contribution in [3.8, 4) is 0 Å². The molecule has 0 radical (unpaired) electrons. The minimum Gasteiger partial charge on any atom is -0.461 e. The van der Waals surface area contributed by atoms with Crippen LogP contribution in [0.2, 0.25) is 0 Å². The summed E-state index contributed by atoms with van der Waals surface area (Å²) < 4.78 is 18.6. The van der Waals surface area contributed by atoms with E-state index in [-0.39, 0.29) is 5.82 Å². The summed E-state index contributed by atoms with van der Waals surface area (Å²) in [6, 6.07) is 4.57. The Morgan fingerprint density at radius 2 is 2.14 bits per heavy atom. The van der Waals surface area contributed by atoms with Crippen LogP contribution in [-0.2, 0) is 11.2 Å². The van der Waals surface area contributed by atoms with Gasteiger partial charge in [-0.15, -0.1) is 0 Å². The molecule has 5 heteroatoms. The number of carbonyl (C=O) groups excluding carboxylic acids is 1.